The fraction of sp³-hybridized carbons (Fsp3) is 0.467. The van der Waals surface area contributed by atoms with Crippen LogP contribution in [0.4, 0.5) is 0 Å². The fourth-order valence-corrected chi connectivity index (χ4v) is 3.11. The maximum absolute atomic E-state index is 11.6. The summed E-state index contributed by atoms with van der Waals surface area (Å²) in [5.74, 6) is -0.418. The third-order valence-electron chi connectivity index (χ3n) is 4.30. The zero-order valence-electron chi connectivity index (χ0n) is 13.3. The van der Waals surface area contributed by atoms with Gasteiger partial charge in [-0.25, -0.2) is 9.78 Å². The van der Waals surface area contributed by atoms with E-state index in [-0.39, 0.29) is 11.2 Å². The predicted molar refractivity (Wildman–Crippen MR) is 86.7 cm³/mol. The lowest BCUT2D eigenvalue weighted by Gasteiger charge is -2.32. The maximum Gasteiger partial charge on any atom is 0.494 e. The first-order valence-corrected chi connectivity index (χ1v) is 7.89. The molecule has 1 saturated heterocycles. The van der Waals surface area contributed by atoms with Crippen molar-refractivity contribution in [1.82, 2.24) is 4.98 Å². The van der Waals surface area contributed by atoms with E-state index in [0.717, 1.165) is 15.7 Å². The predicted octanol–water partition coefficient (Wildman–Crippen LogP) is 2.38. The van der Waals surface area contributed by atoms with Crippen LogP contribution in [-0.2, 0) is 14.0 Å². The number of hydrogen-bond acceptors (Lipinski definition) is 6. The Bertz CT molecular complexity index is 724. The molecule has 2 aromatic rings. The van der Waals surface area contributed by atoms with E-state index in [1.54, 1.807) is 0 Å². The van der Waals surface area contributed by atoms with Crippen molar-refractivity contribution < 1.29 is 18.8 Å². The quantitative estimate of drug-likeness (QED) is 0.628. The number of carbonyl (C=O) groups excluding carboxylic acids is 1. The van der Waals surface area contributed by atoms with Gasteiger partial charge in [-0.1, -0.05) is 6.07 Å². The summed E-state index contributed by atoms with van der Waals surface area (Å²) in [6.45, 7) is 8.07. The van der Waals surface area contributed by atoms with Gasteiger partial charge in [0.25, 0.3) is 0 Å². The maximum atomic E-state index is 11.6. The summed E-state index contributed by atoms with van der Waals surface area (Å²) in [5, 5.41) is 0.351. The highest BCUT2D eigenvalue weighted by atomic mass is 32.1. The Morgan fingerprint density at radius 3 is 2.45 bits per heavy atom. The second-order valence-electron chi connectivity index (χ2n) is 6.33. The van der Waals surface area contributed by atoms with Gasteiger partial charge in [0.15, 0.2) is 0 Å². The van der Waals surface area contributed by atoms with Gasteiger partial charge in [-0.15, -0.1) is 11.3 Å². The largest absolute Gasteiger partial charge is 0.494 e. The molecule has 0 bridgehead atoms. The van der Waals surface area contributed by atoms with Crippen LogP contribution in [0.15, 0.2) is 18.2 Å². The number of hydrogen-bond donors (Lipinski definition) is 0. The smallest absolute Gasteiger partial charge is 0.464 e. The summed E-state index contributed by atoms with van der Waals surface area (Å²) in [4.78, 5) is 15.9. The van der Waals surface area contributed by atoms with Gasteiger partial charge in [-0.05, 0) is 45.3 Å². The molecule has 0 N–H and O–H groups in total. The fourth-order valence-electron chi connectivity index (χ4n) is 2.24. The average molecular weight is 319 g/mol. The third kappa shape index (κ3) is 2.43. The van der Waals surface area contributed by atoms with Crippen LogP contribution in [0.1, 0.15) is 37.5 Å². The number of benzene rings is 1. The van der Waals surface area contributed by atoms with E-state index < -0.39 is 13.1 Å². The molecule has 0 radical (unpaired) electrons. The first kappa shape index (κ1) is 15.5. The first-order chi connectivity index (χ1) is 10.2. The van der Waals surface area contributed by atoms with Crippen molar-refractivity contribution in [3.05, 3.63) is 23.2 Å². The Morgan fingerprint density at radius 1 is 1.23 bits per heavy atom. The molecule has 1 aliphatic rings. The van der Waals surface area contributed by atoms with Crippen molar-refractivity contribution in [3.63, 3.8) is 0 Å². The Kier molecular flexibility index (Phi) is 3.54. The summed E-state index contributed by atoms with van der Waals surface area (Å²) >= 11 is 1.31. The number of nitrogens with zero attached hydrogens (tertiary/aromatic N) is 1. The highest BCUT2D eigenvalue weighted by molar-refractivity contribution is 7.20. The second-order valence-corrected chi connectivity index (χ2v) is 7.36. The van der Waals surface area contributed by atoms with Crippen LogP contribution in [0.3, 0.4) is 0 Å². The van der Waals surface area contributed by atoms with E-state index in [1.807, 2.05) is 45.9 Å². The van der Waals surface area contributed by atoms with Gasteiger partial charge < -0.3 is 14.0 Å². The average Bonchev–Trinajstić information content (AvgIpc) is 2.96. The van der Waals surface area contributed by atoms with Gasteiger partial charge in [0.1, 0.15) is 0 Å². The van der Waals surface area contributed by atoms with Gasteiger partial charge in [-0.2, -0.15) is 0 Å². The zero-order chi connectivity index (χ0) is 16.1. The Morgan fingerprint density at radius 2 is 1.86 bits per heavy atom. The molecule has 116 valence electrons. The number of methoxy groups -OCH3 is 1. The van der Waals surface area contributed by atoms with E-state index >= 15 is 0 Å². The molecule has 0 spiro atoms. The third-order valence-corrected chi connectivity index (χ3v) is 5.31. The molecule has 0 amide bonds. The standard InChI is InChI=1S/C15H18BNO4S/c1-14(2)15(3,4)21-16(20-14)9-6-7-11-10(8-9)17-12(22-11)13(18)19-5/h6-8H,1-5H3. The Labute approximate surface area is 133 Å². The summed E-state index contributed by atoms with van der Waals surface area (Å²) in [6, 6.07) is 5.78. The minimum atomic E-state index is -0.433. The molecule has 1 aliphatic heterocycles. The second kappa shape index (κ2) is 5.04. The molecule has 7 heteroatoms. The van der Waals surface area contributed by atoms with Gasteiger partial charge in [0.05, 0.1) is 28.5 Å². The molecule has 1 fully saturated rings. The summed E-state index contributed by atoms with van der Waals surface area (Å²) < 4.78 is 17.7. The number of aromatic nitrogens is 1. The molecule has 2 heterocycles. The molecule has 0 saturated carbocycles. The van der Waals surface area contributed by atoms with Gasteiger partial charge in [-0.3, -0.25) is 0 Å². The van der Waals surface area contributed by atoms with Crippen LogP contribution in [0.25, 0.3) is 10.2 Å². The van der Waals surface area contributed by atoms with Gasteiger partial charge in [0.2, 0.25) is 5.01 Å². The molecule has 1 aromatic heterocycles. The number of fused-ring (bicyclic) bond motifs is 1. The SMILES string of the molecule is COC(=O)c1nc2cc(B3OC(C)(C)C(C)(C)O3)ccc2s1. The van der Waals surface area contributed by atoms with E-state index in [9.17, 15) is 4.79 Å². The lowest BCUT2D eigenvalue weighted by Crippen LogP contribution is -2.41. The van der Waals surface area contributed by atoms with Crippen LogP contribution in [-0.4, -0.2) is 36.4 Å². The van der Waals surface area contributed by atoms with Crippen LogP contribution < -0.4 is 5.46 Å². The first-order valence-electron chi connectivity index (χ1n) is 7.08. The van der Waals surface area contributed by atoms with Crippen molar-refractivity contribution >= 4 is 40.1 Å². The minimum absolute atomic E-state index is 0.351. The summed E-state index contributed by atoms with van der Waals surface area (Å²) in [6.07, 6.45) is 0. The van der Waals surface area contributed by atoms with Crippen molar-refractivity contribution in [2.24, 2.45) is 0 Å². The molecule has 0 aliphatic carbocycles. The van der Waals surface area contributed by atoms with Crippen LogP contribution >= 0.6 is 11.3 Å². The number of carbonyl (C=O) groups is 1. The molecule has 5 nitrogen and oxygen atoms in total. The number of rotatable bonds is 2. The van der Waals surface area contributed by atoms with Gasteiger partial charge >= 0.3 is 13.1 Å². The minimum Gasteiger partial charge on any atom is -0.464 e. The molecule has 22 heavy (non-hydrogen) atoms. The lowest BCUT2D eigenvalue weighted by atomic mass is 9.79. The van der Waals surface area contributed by atoms with E-state index in [4.69, 9.17) is 14.0 Å². The van der Waals surface area contributed by atoms with Crippen molar-refractivity contribution in [2.75, 3.05) is 7.11 Å². The highest BCUT2D eigenvalue weighted by Gasteiger charge is 2.51. The van der Waals surface area contributed by atoms with E-state index in [2.05, 4.69) is 4.98 Å². The normalized spacial score (nSPS) is 19.6. The van der Waals surface area contributed by atoms with Crippen LogP contribution in [0.2, 0.25) is 0 Å². The van der Waals surface area contributed by atoms with Crippen molar-refractivity contribution in [1.29, 1.82) is 0 Å². The molecular weight excluding hydrogens is 301 g/mol. The van der Waals surface area contributed by atoms with Crippen LogP contribution in [0, 0.1) is 0 Å². The monoisotopic (exact) mass is 319 g/mol. The number of thiazole rings is 1. The Balaban J connectivity index is 1.95. The van der Waals surface area contributed by atoms with Gasteiger partial charge in [0, 0.05) is 0 Å². The molecule has 0 unspecified atom stereocenters. The summed E-state index contributed by atoms with van der Waals surface area (Å²) in [5.41, 5.74) is 0.878. The molecule has 1 aromatic carbocycles. The number of esters is 1. The lowest BCUT2D eigenvalue weighted by molar-refractivity contribution is 0.00578. The Hall–Kier alpha value is -1.44. The topological polar surface area (TPSA) is 57.7 Å². The summed E-state index contributed by atoms with van der Waals surface area (Å²) in [7, 11) is 0.919. The van der Waals surface area contributed by atoms with Crippen LogP contribution in [0.5, 0.6) is 0 Å². The molecule has 3 rings (SSSR count). The number of ether oxygens (including phenoxy) is 1. The molecule has 0 atom stereocenters. The molecular formula is C15H18BNO4S. The zero-order valence-corrected chi connectivity index (χ0v) is 14.1. The highest BCUT2D eigenvalue weighted by Crippen LogP contribution is 2.36. The van der Waals surface area contributed by atoms with E-state index in [1.165, 1.54) is 18.4 Å². The van der Waals surface area contributed by atoms with E-state index in [0.29, 0.717) is 5.01 Å². The van der Waals surface area contributed by atoms with Crippen molar-refractivity contribution in [3.8, 4) is 0 Å². The van der Waals surface area contributed by atoms with Crippen molar-refractivity contribution in [2.45, 2.75) is 38.9 Å².